The first-order valence-corrected chi connectivity index (χ1v) is 11.3. The molecular formula is C26H31N3O3. The van der Waals surface area contributed by atoms with Crippen LogP contribution in [0.2, 0.25) is 0 Å². The Hall–Kier alpha value is -3.12. The minimum Gasteiger partial charge on any atom is -0.439 e. The molecule has 1 fully saturated rings. The Balaban J connectivity index is 1.56. The zero-order valence-electron chi connectivity index (χ0n) is 19.1. The van der Waals surface area contributed by atoms with Gasteiger partial charge in [-0.2, -0.15) is 5.10 Å². The summed E-state index contributed by atoms with van der Waals surface area (Å²) in [4.78, 5) is 12.5. The van der Waals surface area contributed by atoms with Gasteiger partial charge in [-0.1, -0.05) is 24.3 Å². The van der Waals surface area contributed by atoms with Crippen molar-refractivity contribution in [1.82, 2.24) is 15.1 Å². The molecule has 2 heterocycles. The van der Waals surface area contributed by atoms with E-state index in [1.165, 1.54) is 0 Å². The molecule has 1 aliphatic heterocycles. The molecule has 1 amide bonds. The van der Waals surface area contributed by atoms with Crippen LogP contribution in [-0.4, -0.2) is 34.9 Å². The molecule has 6 nitrogen and oxygen atoms in total. The third-order valence-corrected chi connectivity index (χ3v) is 5.74. The number of aryl methyl sites for hydroxylation is 3. The zero-order valence-corrected chi connectivity index (χ0v) is 19.1. The van der Waals surface area contributed by atoms with E-state index in [0.29, 0.717) is 25.3 Å². The summed E-state index contributed by atoms with van der Waals surface area (Å²) in [6.07, 6.45) is 3.15. The maximum absolute atomic E-state index is 12.5. The van der Waals surface area contributed by atoms with Crippen molar-refractivity contribution in [3.05, 3.63) is 70.9 Å². The van der Waals surface area contributed by atoms with E-state index in [1.807, 2.05) is 54.9 Å². The summed E-state index contributed by atoms with van der Waals surface area (Å²) in [6, 6.07) is 16.1. The van der Waals surface area contributed by atoms with Crippen molar-refractivity contribution in [2.24, 2.45) is 0 Å². The summed E-state index contributed by atoms with van der Waals surface area (Å²) >= 11 is 0. The van der Waals surface area contributed by atoms with Gasteiger partial charge in [0.15, 0.2) is 0 Å². The molecule has 0 unspecified atom stereocenters. The van der Waals surface area contributed by atoms with Crippen LogP contribution in [0.1, 0.15) is 41.6 Å². The molecule has 1 atom stereocenters. The molecule has 0 aliphatic carbocycles. The van der Waals surface area contributed by atoms with Gasteiger partial charge >= 0.3 is 0 Å². The van der Waals surface area contributed by atoms with Crippen LogP contribution in [0.15, 0.2) is 48.5 Å². The van der Waals surface area contributed by atoms with Gasteiger partial charge in [-0.15, -0.1) is 0 Å². The highest BCUT2D eigenvalue weighted by atomic mass is 16.5. The number of carbonyl (C=O) groups is 1. The number of hydrogen-bond donors (Lipinski definition) is 1. The van der Waals surface area contributed by atoms with E-state index in [0.717, 1.165) is 53.3 Å². The Kier molecular flexibility index (Phi) is 6.90. The molecule has 0 spiro atoms. The topological polar surface area (TPSA) is 65.4 Å². The minimum atomic E-state index is 0.0183. The summed E-state index contributed by atoms with van der Waals surface area (Å²) in [5, 5.41) is 7.77. The van der Waals surface area contributed by atoms with Gasteiger partial charge in [0, 0.05) is 25.1 Å². The Morgan fingerprint density at radius 2 is 1.94 bits per heavy atom. The van der Waals surface area contributed by atoms with Crippen LogP contribution in [0.25, 0.3) is 5.69 Å². The van der Waals surface area contributed by atoms with Gasteiger partial charge in [-0.3, -0.25) is 4.79 Å². The van der Waals surface area contributed by atoms with Crippen molar-refractivity contribution in [3.8, 4) is 17.3 Å². The van der Waals surface area contributed by atoms with Crippen molar-refractivity contribution in [1.29, 1.82) is 0 Å². The van der Waals surface area contributed by atoms with Gasteiger partial charge in [-0.05, 0) is 75.4 Å². The van der Waals surface area contributed by atoms with Crippen LogP contribution >= 0.6 is 0 Å². The summed E-state index contributed by atoms with van der Waals surface area (Å²) in [7, 11) is 0. The number of rotatable bonds is 8. The molecule has 1 saturated heterocycles. The zero-order chi connectivity index (χ0) is 22.5. The lowest BCUT2D eigenvalue weighted by Crippen LogP contribution is -2.31. The fourth-order valence-corrected chi connectivity index (χ4v) is 4.02. The monoisotopic (exact) mass is 433 g/mol. The number of carbonyl (C=O) groups excluding carboxylic acids is 1. The Morgan fingerprint density at radius 1 is 1.16 bits per heavy atom. The summed E-state index contributed by atoms with van der Waals surface area (Å²) < 4.78 is 13.8. The Labute approximate surface area is 189 Å². The van der Waals surface area contributed by atoms with Gasteiger partial charge in [0.1, 0.15) is 5.75 Å². The molecule has 4 rings (SSSR count). The number of hydrogen-bond acceptors (Lipinski definition) is 4. The largest absolute Gasteiger partial charge is 0.439 e. The molecule has 3 aromatic rings. The van der Waals surface area contributed by atoms with Gasteiger partial charge in [0.25, 0.3) is 0 Å². The van der Waals surface area contributed by atoms with Crippen molar-refractivity contribution in [2.45, 2.75) is 52.6 Å². The molecule has 0 bridgehead atoms. The number of amides is 1. The van der Waals surface area contributed by atoms with Gasteiger partial charge in [-0.25, -0.2) is 4.68 Å². The number of aromatic nitrogens is 2. The van der Waals surface area contributed by atoms with Gasteiger partial charge < -0.3 is 14.8 Å². The second-order valence-electron chi connectivity index (χ2n) is 8.48. The van der Waals surface area contributed by atoms with Crippen LogP contribution in [0.5, 0.6) is 11.6 Å². The van der Waals surface area contributed by atoms with E-state index in [-0.39, 0.29) is 12.0 Å². The maximum atomic E-state index is 12.5. The predicted octanol–water partition coefficient (Wildman–Crippen LogP) is 4.82. The summed E-state index contributed by atoms with van der Waals surface area (Å²) in [5.74, 6) is 1.43. The molecule has 0 radical (unpaired) electrons. The molecule has 32 heavy (non-hydrogen) atoms. The maximum Gasteiger partial charge on any atom is 0.226 e. The van der Waals surface area contributed by atoms with Gasteiger partial charge in [0.05, 0.1) is 17.5 Å². The number of nitrogens with one attached hydrogen (secondary N) is 1. The number of nitrogens with zero attached hydrogens (tertiary/aromatic N) is 2. The van der Waals surface area contributed by atoms with Gasteiger partial charge in [0.2, 0.25) is 11.8 Å². The molecular weight excluding hydrogens is 402 g/mol. The molecule has 168 valence electrons. The van der Waals surface area contributed by atoms with E-state index < -0.39 is 0 Å². The number of benzene rings is 2. The number of ether oxygens (including phenoxy) is 2. The average Bonchev–Trinajstić information content (AvgIpc) is 3.39. The van der Waals surface area contributed by atoms with Crippen molar-refractivity contribution >= 4 is 5.91 Å². The van der Waals surface area contributed by atoms with Crippen LogP contribution < -0.4 is 10.1 Å². The predicted molar refractivity (Wildman–Crippen MR) is 125 cm³/mol. The third kappa shape index (κ3) is 5.37. The molecule has 1 N–H and O–H groups in total. The van der Waals surface area contributed by atoms with E-state index in [2.05, 4.69) is 24.4 Å². The highest BCUT2D eigenvalue weighted by Gasteiger charge is 2.21. The van der Waals surface area contributed by atoms with Crippen molar-refractivity contribution in [3.63, 3.8) is 0 Å². The second kappa shape index (κ2) is 10.0. The lowest BCUT2D eigenvalue weighted by atomic mass is 10.1. The van der Waals surface area contributed by atoms with Crippen molar-refractivity contribution < 1.29 is 14.3 Å². The first kappa shape index (κ1) is 22.1. The average molecular weight is 434 g/mol. The molecule has 2 aromatic carbocycles. The van der Waals surface area contributed by atoms with Crippen LogP contribution in [0, 0.1) is 20.8 Å². The highest BCUT2D eigenvalue weighted by molar-refractivity contribution is 5.76. The highest BCUT2D eigenvalue weighted by Crippen LogP contribution is 2.32. The Bertz CT molecular complexity index is 1080. The summed E-state index contributed by atoms with van der Waals surface area (Å²) in [5.41, 5.74) is 5.01. The molecule has 1 aromatic heterocycles. The van der Waals surface area contributed by atoms with E-state index in [1.54, 1.807) is 0 Å². The van der Waals surface area contributed by atoms with E-state index in [9.17, 15) is 4.79 Å². The standard InChI is InChI=1S/C26H31N3O3/c1-18-7-4-9-21(15-18)29-26(32-22-10-5-8-19(2)16-22)24(20(3)28-29)12-13-25(30)27-17-23-11-6-14-31-23/h4-5,7-10,15-16,23H,6,11-14,17H2,1-3H3,(H,27,30)/t23-/m1/s1. The Morgan fingerprint density at radius 3 is 2.66 bits per heavy atom. The summed E-state index contributed by atoms with van der Waals surface area (Å²) in [6.45, 7) is 7.43. The molecule has 1 aliphatic rings. The van der Waals surface area contributed by atoms with E-state index in [4.69, 9.17) is 14.6 Å². The quantitative estimate of drug-likeness (QED) is 0.553. The molecule has 6 heteroatoms. The third-order valence-electron chi connectivity index (χ3n) is 5.74. The first-order chi connectivity index (χ1) is 15.5. The van der Waals surface area contributed by atoms with E-state index >= 15 is 0 Å². The SMILES string of the molecule is Cc1cccc(Oc2c(CCC(=O)NC[C@H]3CCCO3)c(C)nn2-c2cccc(C)c2)c1. The first-order valence-electron chi connectivity index (χ1n) is 11.3. The minimum absolute atomic E-state index is 0.0183. The molecule has 0 saturated carbocycles. The van der Waals surface area contributed by atoms with Crippen LogP contribution in [0.4, 0.5) is 0 Å². The normalized spacial score (nSPS) is 15.7. The van der Waals surface area contributed by atoms with Crippen LogP contribution in [0.3, 0.4) is 0 Å². The lowest BCUT2D eigenvalue weighted by molar-refractivity contribution is -0.121. The fraction of sp³-hybridized carbons (Fsp3) is 0.385. The lowest BCUT2D eigenvalue weighted by Gasteiger charge is -2.13. The fourth-order valence-electron chi connectivity index (χ4n) is 4.02. The smallest absolute Gasteiger partial charge is 0.226 e. The van der Waals surface area contributed by atoms with Crippen molar-refractivity contribution in [2.75, 3.05) is 13.2 Å². The van der Waals surface area contributed by atoms with Crippen LogP contribution in [-0.2, 0) is 16.0 Å². The second-order valence-corrected chi connectivity index (χ2v) is 8.48.